The van der Waals surface area contributed by atoms with Crippen molar-refractivity contribution in [2.45, 2.75) is 121 Å². The van der Waals surface area contributed by atoms with Gasteiger partial charge in [0.05, 0.1) is 12.7 Å². The second kappa shape index (κ2) is 16.2. The van der Waals surface area contributed by atoms with Crippen molar-refractivity contribution in [3.8, 4) is 23.0 Å². The number of aliphatic hydroxyl groups excluding tert-OH is 7. The third kappa shape index (κ3) is 7.99. The molecule has 0 radical (unpaired) electrons. The topological polar surface area (TPSA) is 245 Å². The van der Waals surface area contributed by atoms with Crippen LogP contribution in [-0.4, -0.2) is 126 Å². The fourth-order valence-electron chi connectivity index (χ4n) is 6.30. The zero-order valence-corrected chi connectivity index (χ0v) is 29.5. The summed E-state index contributed by atoms with van der Waals surface area (Å²) in [5, 5.41) is 94.6. The molecule has 2 aromatic rings. The summed E-state index contributed by atoms with van der Waals surface area (Å²) in [4.78, 5) is 14.5. The van der Waals surface area contributed by atoms with Gasteiger partial charge >= 0.3 is 0 Å². The summed E-state index contributed by atoms with van der Waals surface area (Å²) in [5.41, 5.74) is 2.60. The molecule has 2 aromatic carbocycles. The molecule has 3 aliphatic heterocycles. The SMILES string of the molecule is CC(C)=CCc1cc(C2Oc3c(CC=C(C)C)c(OC4OC(CO)C(O)C(O)C4O)cc(O)c3C(=O)C2OC2OC(C)C(O)C(O)C2O)ccc1O. The van der Waals surface area contributed by atoms with Crippen molar-refractivity contribution in [2.24, 2.45) is 0 Å². The Morgan fingerprint density at radius 2 is 1.42 bits per heavy atom. The molecule has 15 nitrogen and oxygen atoms in total. The molecular formula is C37H48O15. The molecule has 0 amide bonds. The molecule has 9 N–H and O–H groups in total. The van der Waals surface area contributed by atoms with Gasteiger partial charge < -0.3 is 69.6 Å². The van der Waals surface area contributed by atoms with Crippen LogP contribution in [0.4, 0.5) is 0 Å². The Bertz CT molecular complexity index is 1660. The number of ketones is 1. The Hall–Kier alpha value is -3.61. The van der Waals surface area contributed by atoms with E-state index in [1.807, 2.05) is 33.8 Å². The molecule has 5 rings (SSSR count). The van der Waals surface area contributed by atoms with Crippen LogP contribution in [0, 0.1) is 0 Å². The Kier molecular flexibility index (Phi) is 12.3. The lowest BCUT2D eigenvalue weighted by atomic mass is 9.89. The zero-order valence-electron chi connectivity index (χ0n) is 29.5. The third-order valence-electron chi connectivity index (χ3n) is 9.40. The monoisotopic (exact) mass is 732 g/mol. The van der Waals surface area contributed by atoms with E-state index in [0.29, 0.717) is 17.5 Å². The van der Waals surface area contributed by atoms with Gasteiger partial charge in [0.25, 0.3) is 0 Å². The summed E-state index contributed by atoms with van der Waals surface area (Å²) in [5.74, 6) is -1.69. The normalized spacial score (nSPS) is 33.1. The predicted molar refractivity (Wildman–Crippen MR) is 182 cm³/mol. The van der Waals surface area contributed by atoms with Gasteiger partial charge in [0.15, 0.2) is 18.5 Å². The molecule has 12 atom stereocenters. The maximum absolute atomic E-state index is 14.5. The number of aliphatic hydroxyl groups is 7. The van der Waals surface area contributed by atoms with Gasteiger partial charge in [0, 0.05) is 11.6 Å². The Labute approximate surface area is 300 Å². The number of aromatic hydroxyl groups is 2. The van der Waals surface area contributed by atoms with E-state index < -0.39 is 91.8 Å². The number of ether oxygens (including phenoxy) is 5. The van der Waals surface area contributed by atoms with Crippen molar-refractivity contribution >= 4 is 5.78 Å². The summed E-state index contributed by atoms with van der Waals surface area (Å²) in [6.45, 7) is 8.21. The predicted octanol–water partition coefficient (Wildman–Crippen LogP) is 0.823. The molecule has 2 fully saturated rings. The molecule has 2 saturated heterocycles. The molecular weight excluding hydrogens is 684 g/mol. The average Bonchev–Trinajstić information content (AvgIpc) is 3.09. The minimum Gasteiger partial charge on any atom is -0.508 e. The Morgan fingerprint density at radius 3 is 2.08 bits per heavy atom. The van der Waals surface area contributed by atoms with E-state index in [0.717, 1.165) is 17.2 Å². The number of carbonyl (C=O) groups excluding carboxylic acids is 1. The van der Waals surface area contributed by atoms with Crippen LogP contribution in [0.1, 0.15) is 67.8 Å². The van der Waals surface area contributed by atoms with Crippen molar-refractivity contribution in [3.63, 3.8) is 0 Å². The highest BCUT2D eigenvalue weighted by atomic mass is 16.7. The van der Waals surface area contributed by atoms with Gasteiger partial charge in [-0.05, 0) is 70.7 Å². The first kappa shape index (κ1) is 39.6. The second-order valence-corrected chi connectivity index (χ2v) is 13.9. The number of phenolic OH excluding ortho intramolecular Hbond substituents is 2. The average molecular weight is 733 g/mol. The van der Waals surface area contributed by atoms with E-state index >= 15 is 0 Å². The van der Waals surface area contributed by atoms with Crippen molar-refractivity contribution in [1.29, 1.82) is 0 Å². The number of Topliss-reactive ketones (excluding diaryl/α,β-unsaturated/α-hetero) is 1. The molecule has 3 heterocycles. The first-order valence-electron chi connectivity index (χ1n) is 17.0. The van der Waals surface area contributed by atoms with Gasteiger partial charge in [0.1, 0.15) is 71.3 Å². The zero-order chi connectivity index (χ0) is 38.2. The fourth-order valence-corrected chi connectivity index (χ4v) is 6.30. The van der Waals surface area contributed by atoms with Crippen molar-refractivity contribution in [1.82, 2.24) is 0 Å². The van der Waals surface area contributed by atoms with Crippen LogP contribution >= 0.6 is 0 Å². The standard InChI is InChI=1S/C37H48O15/c1-15(2)6-8-18-12-19(9-11-21(18)39)33-35(52-36-31(46)29(44)26(41)17(5)48-36)28(43)25-22(40)13-23(20(34(25)51-33)10-7-16(3)4)49-37-32(47)30(45)27(42)24(14-38)50-37/h6-7,9,11-13,17,24,26-27,29-33,35-42,44-47H,8,10,14H2,1-5H3. The van der Waals surface area contributed by atoms with Crippen LogP contribution in [0.25, 0.3) is 0 Å². The molecule has 0 bridgehead atoms. The summed E-state index contributed by atoms with van der Waals surface area (Å²) in [6.07, 6.45) is -14.4. The molecule has 15 heteroatoms. The van der Waals surface area contributed by atoms with Gasteiger partial charge in [-0.2, -0.15) is 0 Å². The van der Waals surface area contributed by atoms with E-state index in [1.54, 1.807) is 12.1 Å². The van der Waals surface area contributed by atoms with Crippen molar-refractivity contribution < 1.29 is 74.4 Å². The number of rotatable bonds is 10. The maximum atomic E-state index is 14.5. The minimum atomic E-state index is -1.78. The number of hydrogen-bond acceptors (Lipinski definition) is 15. The van der Waals surface area contributed by atoms with Gasteiger partial charge in [-0.1, -0.05) is 29.4 Å². The van der Waals surface area contributed by atoms with Crippen LogP contribution in [0.3, 0.4) is 0 Å². The molecule has 52 heavy (non-hydrogen) atoms. The first-order chi connectivity index (χ1) is 24.5. The molecule has 0 aromatic heterocycles. The van der Waals surface area contributed by atoms with Crippen molar-refractivity contribution in [2.75, 3.05) is 6.61 Å². The lowest BCUT2D eigenvalue weighted by molar-refractivity contribution is -0.304. The third-order valence-corrected chi connectivity index (χ3v) is 9.40. The smallest absolute Gasteiger partial charge is 0.229 e. The maximum Gasteiger partial charge on any atom is 0.229 e. The summed E-state index contributed by atoms with van der Waals surface area (Å²) < 4.78 is 29.8. The Balaban J connectivity index is 1.64. The number of fused-ring (bicyclic) bond motifs is 1. The number of carbonyl (C=O) groups is 1. The highest BCUT2D eigenvalue weighted by Gasteiger charge is 2.50. The molecule has 0 saturated carbocycles. The highest BCUT2D eigenvalue weighted by molar-refractivity contribution is 6.06. The number of phenols is 2. The van der Waals surface area contributed by atoms with Gasteiger partial charge in [-0.15, -0.1) is 0 Å². The van der Waals surface area contributed by atoms with Gasteiger partial charge in [-0.25, -0.2) is 0 Å². The van der Waals surface area contributed by atoms with Crippen molar-refractivity contribution in [3.05, 3.63) is 69.8 Å². The summed E-state index contributed by atoms with van der Waals surface area (Å²) in [7, 11) is 0. The van der Waals surface area contributed by atoms with Gasteiger partial charge in [0.2, 0.25) is 12.1 Å². The molecule has 12 unspecified atom stereocenters. The summed E-state index contributed by atoms with van der Waals surface area (Å²) in [6, 6.07) is 5.67. The highest BCUT2D eigenvalue weighted by Crippen LogP contribution is 2.48. The van der Waals surface area contributed by atoms with E-state index in [4.69, 9.17) is 23.7 Å². The number of allylic oxidation sites excluding steroid dienone is 4. The molecule has 0 spiro atoms. The largest absolute Gasteiger partial charge is 0.508 e. The lowest BCUT2D eigenvalue weighted by Crippen LogP contribution is -2.60. The van der Waals surface area contributed by atoms with E-state index in [2.05, 4.69) is 0 Å². The number of benzene rings is 2. The quantitative estimate of drug-likeness (QED) is 0.154. The van der Waals surface area contributed by atoms with Crippen LogP contribution in [0.2, 0.25) is 0 Å². The van der Waals surface area contributed by atoms with Crippen LogP contribution < -0.4 is 9.47 Å². The second-order valence-electron chi connectivity index (χ2n) is 13.9. The Morgan fingerprint density at radius 1 is 0.788 bits per heavy atom. The minimum absolute atomic E-state index is 0.0182. The lowest BCUT2D eigenvalue weighted by Gasteiger charge is -2.42. The first-order valence-corrected chi connectivity index (χ1v) is 17.0. The van der Waals surface area contributed by atoms with Crippen LogP contribution in [0.15, 0.2) is 47.6 Å². The molecule has 286 valence electrons. The fraction of sp³-hybridized carbons (Fsp3) is 0.541. The number of hydrogen-bond donors (Lipinski definition) is 9. The van der Waals surface area contributed by atoms with Crippen LogP contribution in [0.5, 0.6) is 23.0 Å². The van der Waals surface area contributed by atoms with Crippen LogP contribution in [-0.2, 0) is 27.1 Å². The van der Waals surface area contributed by atoms with E-state index in [9.17, 15) is 50.8 Å². The molecule has 3 aliphatic rings. The van der Waals surface area contributed by atoms with E-state index in [1.165, 1.54) is 19.1 Å². The van der Waals surface area contributed by atoms with E-state index in [-0.39, 0.29) is 34.8 Å². The molecule has 0 aliphatic carbocycles. The van der Waals surface area contributed by atoms with Gasteiger partial charge in [-0.3, -0.25) is 4.79 Å². The summed E-state index contributed by atoms with van der Waals surface area (Å²) >= 11 is 0.